The van der Waals surface area contributed by atoms with E-state index in [0.717, 1.165) is 16.8 Å². The van der Waals surface area contributed by atoms with Gasteiger partial charge in [-0.05, 0) is 47.7 Å². The van der Waals surface area contributed by atoms with Crippen LogP contribution in [0.4, 0.5) is 4.39 Å². The molecule has 0 amide bonds. The van der Waals surface area contributed by atoms with Gasteiger partial charge in [-0.1, -0.05) is 26.8 Å². The summed E-state index contributed by atoms with van der Waals surface area (Å²) in [4.78, 5) is 4.31. The summed E-state index contributed by atoms with van der Waals surface area (Å²) in [5, 5.41) is 0. The molecule has 2 rings (SSSR count). The molecule has 0 aliphatic rings. The third-order valence-corrected chi connectivity index (χ3v) is 3.15. The average Bonchev–Trinajstić information content (AvgIpc) is 2.32. The first-order valence-corrected chi connectivity index (χ1v) is 6.11. The molecule has 18 heavy (non-hydrogen) atoms. The molecular weight excluding hydrogens is 225 g/mol. The zero-order valence-corrected chi connectivity index (χ0v) is 11.3. The van der Waals surface area contributed by atoms with E-state index in [1.54, 1.807) is 19.2 Å². The Balaban J connectivity index is 2.64. The third-order valence-electron chi connectivity index (χ3n) is 3.15. The second kappa shape index (κ2) is 4.52. The summed E-state index contributed by atoms with van der Waals surface area (Å²) in [5.74, 6) is -0.164. The fourth-order valence-corrected chi connectivity index (χ4v) is 1.90. The Kier molecular flexibility index (Phi) is 3.20. The van der Waals surface area contributed by atoms with Crippen molar-refractivity contribution in [2.24, 2.45) is 0 Å². The summed E-state index contributed by atoms with van der Waals surface area (Å²) >= 11 is 0. The maximum Gasteiger partial charge on any atom is 0.127 e. The number of hydrogen-bond acceptors (Lipinski definition) is 1. The molecule has 0 saturated carbocycles. The number of pyridine rings is 1. The molecule has 0 aliphatic heterocycles. The highest BCUT2D eigenvalue weighted by Crippen LogP contribution is 2.30. The van der Waals surface area contributed by atoms with Gasteiger partial charge in [-0.2, -0.15) is 0 Å². The van der Waals surface area contributed by atoms with Crippen molar-refractivity contribution >= 4 is 0 Å². The van der Waals surface area contributed by atoms with Crippen molar-refractivity contribution in [2.45, 2.75) is 33.1 Å². The number of aromatic nitrogens is 1. The van der Waals surface area contributed by atoms with Crippen LogP contribution >= 0.6 is 0 Å². The van der Waals surface area contributed by atoms with Crippen LogP contribution in [0.1, 0.15) is 31.9 Å². The molecule has 1 heterocycles. The van der Waals surface area contributed by atoms with Crippen LogP contribution in [0.25, 0.3) is 11.3 Å². The molecule has 1 aromatic carbocycles. The molecule has 0 spiro atoms. The van der Waals surface area contributed by atoms with Crippen LogP contribution in [0.5, 0.6) is 0 Å². The SMILES string of the molecule is Cc1c(F)cc(C(C)(C)C)cc1-c1ccccn1. The normalized spacial score (nSPS) is 11.6. The van der Waals surface area contributed by atoms with Crippen LogP contribution in [-0.4, -0.2) is 4.98 Å². The van der Waals surface area contributed by atoms with Gasteiger partial charge in [0.25, 0.3) is 0 Å². The lowest BCUT2D eigenvalue weighted by Crippen LogP contribution is -2.12. The van der Waals surface area contributed by atoms with E-state index in [2.05, 4.69) is 25.8 Å². The van der Waals surface area contributed by atoms with E-state index in [9.17, 15) is 4.39 Å². The lowest BCUT2D eigenvalue weighted by molar-refractivity contribution is 0.569. The number of nitrogens with zero attached hydrogens (tertiary/aromatic N) is 1. The fraction of sp³-hybridized carbons (Fsp3) is 0.312. The first kappa shape index (κ1) is 12.7. The molecule has 2 heteroatoms. The molecule has 0 fully saturated rings. The predicted molar refractivity (Wildman–Crippen MR) is 73.1 cm³/mol. The second-order valence-corrected chi connectivity index (χ2v) is 5.60. The van der Waals surface area contributed by atoms with Gasteiger partial charge in [0.15, 0.2) is 0 Å². The van der Waals surface area contributed by atoms with E-state index in [4.69, 9.17) is 0 Å². The van der Waals surface area contributed by atoms with Crippen LogP contribution in [0.15, 0.2) is 36.5 Å². The topological polar surface area (TPSA) is 12.9 Å². The van der Waals surface area contributed by atoms with Gasteiger partial charge in [-0.25, -0.2) is 4.39 Å². The van der Waals surface area contributed by atoms with Crippen molar-refractivity contribution in [1.82, 2.24) is 4.98 Å². The van der Waals surface area contributed by atoms with E-state index in [0.29, 0.717) is 5.56 Å². The third kappa shape index (κ3) is 2.42. The van der Waals surface area contributed by atoms with Crippen LogP contribution in [0.2, 0.25) is 0 Å². The summed E-state index contributed by atoms with van der Waals surface area (Å²) < 4.78 is 14.0. The number of benzene rings is 1. The minimum atomic E-state index is -0.164. The molecule has 0 aliphatic carbocycles. The van der Waals surface area contributed by atoms with Gasteiger partial charge in [-0.3, -0.25) is 4.98 Å². The molecular formula is C16H18FN. The lowest BCUT2D eigenvalue weighted by atomic mass is 9.84. The van der Waals surface area contributed by atoms with Crippen molar-refractivity contribution in [1.29, 1.82) is 0 Å². The maximum absolute atomic E-state index is 14.0. The smallest absolute Gasteiger partial charge is 0.127 e. The largest absolute Gasteiger partial charge is 0.256 e. The van der Waals surface area contributed by atoms with E-state index in [-0.39, 0.29) is 11.2 Å². The molecule has 0 radical (unpaired) electrons. The van der Waals surface area contributed by atoms with E-state index in [1.165, 1.54) is 0 Å². The molecule has 0 saturated heterocycles. The minimum Gasteiger partial charge on any atom is -0.256 e. The van der Waals surface area contributed by atoms with Crippen LogP contribution in [-0.2, 0) is 5.41 Å². The second-order valence-electron chi connectivity index (χ2n) is 5.60. The van der Waals surface area contributed by atoms with E-state index < -0.39 is 0 Å². The Morgan fingerprint density at radius 2 is 1.83 bits per heavy atom. The summed E-state index contributed by atoms with van der Waals surface area (Å²) in [7, 11) is 0. The van der Waals surface area contributed by atoms with Gasteiger partial charge in [0, 0.05) is 11.8 Å². The molecule has 0 N–H and O–H groups in total. The number of halogens is 1. The lowest BCUT2D eigenvalue weighted by Gasteiger charge is -2.21. The van der Waals surface area contributed by atoms with Crippen LogP contribution in [0.3, 0.4) is 0 Å². The molecule has 1 aromatic heterocycles. The van der Waals surface area contributed by atoms with E-state index in [1.807, 2.05) is 24.3 Å². The minimum absolute atomic E-state index is 0.0714. The van der Waals surface area contributed by atoms with Crippen molar-refractivity contribution in [2.75, 3.05) is 0 Å². The Bertz CT molecular complexity index is 553. The highest BCUT2D eigenvalue weighted by atomic mass is 19.1. The highest BCUT2D eigenvalue weighted by molar-refractivity contribution is 5.65. The summed E-state index contributed by atoms with van der Waals surface area (Å²) in [6.45, 7) is 8.05. The Morgan fingerprint density at radius 3 is 2.39 bits per heavy atom. The van der Waals surface area contributed by atoms with Crippen molar-refractivity contribution in [3.63, 3.8) is 0 Å². The molecule has 0 atom stereocenters. The van der Waals surface area contributed by atoms with Crippen molar-refractivity contribution in [3.05, 3.63) is 53.5 Å². The predicted octanol–water partition coefficient (Wildman–Crippen LogP) is 4.49. The Morgan fingerprint density at radius 1 is 1.11 bits per heavy atom. The van der Waals surface area contributed by atoms with Gasteiger partial charge in [0.2, 0.25) is 0 Å². The highest BCUT2D eigenvalue weighted by Gasteiger charge is 2.18. The zero-order valence-electron chi connectivity index (χ0n) is 11.3. The number of hydrogen-bond donors (Lipinski definition) is 0. The molecule has 0 bridgehead atoms. The van der Waals surface area contributed by atoms with Gasteiger partial charge in [-0.15, -0.1) is 0 Å². The van der Waals surface area contributed by atoms with Gasteiger partial charge in [0.1, 0.15) is 5.82 Å². The molecule has 0 unspecified atom stereocenters. The van der Waals surface area contributed by atoms with E-state index >= 15 is 0 Å². The summed E-state index contributed by atoms with van der Waals surface area (Å²) in [5.41, 5.74) is 3.27. The van der Waals surface area contributed by atoms with Crippen LogP contribution < -0.4 is 0 Å². The first-order chi connectivity index (χ1) is 8.39. The van der Waals surface area contributed by atoms with Crippen molar-refractivity contribution < 1.29 is 4.39 Å². The molecule has 2 aromatic rings. The first-order valence-electron chi connectivity index (χ1n) is 6.11. The quantitative estimate of drug-likeness (QED) is 0.719. The summed E-state index contributed by atoms with van der Waals surface area (Å²) in [6, 6.07) is 9.36. The monoisotopic (exact) mass is 243 g/mol. The van der Waals surface area contributed by atoms with Crippen LogP contribution in [0, 0.1) is 12.7 Å². The molecule has 94 valence electrons. The van der Waals surface area contributed by atoms with Crippen molar-refractivity contribution in [3.8, 4) is 11.3 Å². The standard InChI is InChI=1S/C16H18FN/c1-11-13(15-7-5-6-8-18-15)9-12(10-14(11)17)16(2,3)4/h5-10H,1-4H3. The zero-order chi connectivity index (χ0) is 13.3. The average molecular weight is 243 g/mol. The fourth-order valence-electron chi connectivity index (χ4n) is 1.90. The maximum atomic E-state index is 14.0. The Hall–Kier alpha value is -1.70. The Labute approximate surface area is 108 Å². The number of rotatable bonds is 1. The van der Waals surface area contributed by atoms with Gasteiger partial charge >= 0.3 is 0 Å². The van der Waals surface area contributed by atoms with Gasteiger partial charge in [0.05, 0.1) is 5.69 Å². The molecule has 1 nitrogen and oxygen atoms in total. The summed E-state index contributed by atoms with van der Waals surface area (Å²) in [6.07, 6.45) is 1.73. The van der Waals surface area contributed by atoms with Gasteiger partial charge < -0.3 is 0 Å².